The van der Waals surface area contributed by atoms with E-state index in [-0.39, 0.29) is 23.8 Å². The zero-order valence-corrected chi connectivity index (χ0v) is 10.0. The smallest absolute Gasteiger partial charge is 0.137 e. The molecule has 0 bridgehead atoms. The largest absolute Gasteiger partial charge is 0.314 e. The summed E-state index contributed by atoms with van der Waals surface area (Å²) in [7, 11) is 1.98. The summed E-state index contributed by atoms with van der Waals surface area (Å²) in [6.45, 7) is 2.20. The minimum Gasteiger partial charge on any atom is -0.314 e. The van der Waals surface area contributed by atoms with Gasteiger partial charge < -0.3 is 5.32 Å². The Morgan fingerprint density at radius 3 is 2.93 bits per heavy atom. The summed E-state index contributed by atoms with van der Waals surface area (Å²) in [6.07, 6.45) is 2.87. The number of rotatable bonds is 1. The van der Waals surface area contributed by atoms with Crippen LogP contribution in [0.1, 0.15) is 23.8 Å². The average molecular weight is 236 g/mol. The van der Waals surface area contributed by atoms with Crippen LogP contribution in [0, 0.1) is 5.82 Å². The first-order valence-electron chi connectivity index (χ1n) is 4.58. The number of halogens is 2. The molecule has 1 aliphatic rings. The SMILES string of the molecule is CNC1(C)CCc2c(F)csc2C1.Cl. The van der Waals surface area contributed by atoms with Gasteiger partial charge in [0.05, 0.1) is 0 Å². The highest BCUT2D eigenvalue weighted by molar-refractivity contribution is 7.10. The third-order valence-corrected chi connectivity index (χ3v) is 4.01. The van der Waals surface area contributed by atoms with Crippen molar-refractivity contribution in [3.8, 4) is 0 Å². The van der Waals surface area contributed by atoms with Crippen LogP contribution < -0.4 is 5.32 Å². The summed E-state index contributed by atoms with van der Waals surface area (Å²) < 4.78 is 13.2. The highest BCUT2D eigenvalue weighted by Crippen LogP contribution is 2.33. The van der Waals surface area contributed by atoms with Crippen molar-refractivity contribution in [2.45, 2.75) is 31.7 Å². The van der Waals surface area contributed by atoms with E-state index in [9.17, 15) is 4.39 Å². The van der Waals surface area contributed by atoms with Crippen LogP contribution in [-0.2, 0) is 12.8 Å². The number of fused-ring (bicyclic) bond motifs is 1. The van der Waals surface area contributed by atoms with E-state index in [0.717, 1.165) is 24.8 Å². The molecule has 1 aliphatic carbocycles. The van der Waals surface area contributed by atoms with Gasteiger partial charge in [-0.05, 0) is 26.8 Å². The molecule has 1 atom stereocenters. The fourth-order valence-corrected chi connectivity index (χ4v) is 2.99. The first kappa shape index (κ1) is 12.0. The summed E-state index contributed by atoms with van der Waals surface area (Å²) >= 11 is 1.55. The molecular weight excluding hydrogens is 221 g/mol. The fraction of sp³-hybridized carbons (Fsp3) is 0.600. The third kappa shape index (κ3) is 1.95. The molecule has 1 aromatic heterocycles. The second kappa shape index (κ2) is 4.17. The van der Waals surface area contributed by atoms with Gasteiger partial charge in [-0.25, -0.2) is 4.39 Å². The second-order valence-electron chi connectivity index (χ2n) is 3.97. The Bertz CT molecular complexity index is 326. The Labute approximate surface area is 94.1 Å². The maximum Gasteiger partial charge on any atom is 0.137 e. The van der Waals surface area contributed by atoms with Crippen LogP contribution in [0.15, 0.2) is 5.38 Å². The van der Waals surface area contributed by atoms with E-state index in [4.69, 9.17) is 0 Å². The molecule has 0 amide bonds. The molecule has 4 heteroatoms. The van der Waals surface area contributed by atoms with E-state index in [2.05, 4.69) is 12.2 Å². The van der Waals surface area contributed by atoms with Crippen molar-refractivity contribution in [1.29, 1.82) is 0 Å². The molecule has 14 heavy (non-hydrogen) atoms. The number of thiophene rings is 1. The van der Waals surface area contributed by atoms with Crippen LogP contribution in [-0.4, -0.2) is 12.6 Å². The number of nitrogens with one attached hydrogen (secondary N) is 1. The maximum atomic E-state index is 13.2. The summed E-state index contributed by atoms with van der Waals surface area (Å²) in [5.41, 5.74) is 1.13. The minimum atomic E-state index is -0.00171. The van der Waals surface area contributed by atoms with Gasteiger partial charge in [-0.2, -0.15) is 0 Å². The lowest BCUT2D eigenvalue weighted by atomic mass is 9.83. The molecule has 1 aromatic rings. The molecule has 0 saturated carbocycles. The predicted octanol–water partition coefficient (Wildman–Crippen LogP) is 2.78. The van der Waals surface area contributed by atoms with E-state index < -0.39 is 0 Å². The Kier molecular flexibility index (Phi) is 3.56. The van der Waals surface area contributed by atoms with Crippen LogP contribution in [0.5, 0.6) is 0 Å². The van der Waals surface area contributed by atoms with Gasteiger partial charge in [-0.1, -0.05) is 0 Å². The van der Waals surface area contributed by atoms with Gasteiger partial charge in [-0.15, -0.1) is 23.7 Å². The van der Waals surface area contributed by atoms with Crippen molar-refractivity contribution >= 4 is 23.7 Å². The summed E-state index contributed by atoms with van der Waals surface area (Å²) in [5.74, 6) is -0.00171. The van der Waals surface area contributed by atoms with Crippen molar-refractivity contribution in [3.63, 3.8) is 0 Å². The molecule has 1 N–H and O–H groups in total. The van der Waals surface area contributed by atoms with Crippen molar-refractivity contribution in [2.75, 3.05) is 7.05 Å². The standard InChI is InChI=1S/C10H14FNS.ClH/c1-10(12-2)4-3-7-8(11)6-13-9(7)5-10;/h6,12H,3-5H2,1-2H3;1H. The van der Waals surface area contributed by atoms with E-state index in [1.165, 1.54) is 4.88 Å². The lowest BCUT2D eigenvalue weighted by Crippen LogP contribution is -2.44. The number of likely N-dealkylation sites (N-methyl/N-ethyl adjacent to an activating group) is 1. The average Bonchev–Trinajstić information content (AvgIpc) is 2.47. The van der Waals surface area contributed by atoms with E-state index in [0.29, 0.717) is 0 Å². The van der Waals surface area contributed by atoms with Crippen LogP contribution in [0.25, 0.3) is 0 Å². The van der Waals surface area contributed by atoms with Crippen LogP contribution in [0.3, 0.4) is 0 Å². The lowest BCUT2D eigenvalue weighted by Gasteiger charge is -2.33. The molecule has 1 nitrogen and oxygen atoms in total. The molecule has 0 radical (unpaired) electrons. The van der Waals surface area contributed by atoms with E-state index in [1.54, 1.807) is 16.7 Å². The monoisotopic (exact) mass is 235 g/mol. The molecule has 1 heterocycles. The minimum absolute atomic E-state index is 0. The molecular formula is C10H15ClFNS. The van der Waals surface area contributed by atoms with Gasteiger partial charge >= 0.3 is 0 Å². The van der Waals surface area contributed by atoms with Crippen molar-refractivity contribution in [2.24, 2.45) is 0 Å². The molecule has 0 fully saturated rings. The number of hydrogen-bond donors (Lipinski definition) is 1. The first-order chi connectivity index (χ1) is 6.14. The lowest BCUT2D eigenvalue weighted by molar-refractivity contribution is 0.338. The summed E-state index contributed by atoms with van der Waals surface area (Å²) in [4.78, 5) is 1.22. The molecule has 0 spiro atoms. The fourth-order valence-electron chi connectivity index (χ4n) is 1.86. The van der Waals surface area contributed by atoms with Gasteiger partial charge in [-0.3, -0.25) is 0 Å². The Hall–Kier alpha value is -0.120. The third-order valence-electron chi connectivity index (χ3n) is 3.01. The topological polar surface area (TPSA) is 12.0 Å². The summed E-state index contributed by atoms with van der Waals surface area (Å²) in [6, 6.07) is 0. The van der Waals surface area contributed by atoms with Gasteiger partial charge in [0.1, 0.15) is 5.82 Å². The van der Waals surface area contributed by atoms with Gasteiger partial charge in [0.15, 0.2) is 0 Å². The zero-order valence-electron chi connectivity index (χ0n) is 8.39. The normalized spacial score (nSPS) is 25.4. The first-order valence-corrected chi connectivity index (χ1v) is 5.46. The van der Waals surface area contributed by atoms with Crippen LogP contribution >= 0.6 is 23.7 Å². The number of hydrogen-bond acceptors (Lipinski definition) is 2. The van der Waals surface area contributed by atoms with Gasteiger partial charge in [0, 0.05) is 27.8 Å². The highest BCUT2D eigenvalue weighted by atomic mass is 35.5. The van der Waals surface area contributed by atoms with Crippen LogP contribution in [0.4, 0.5) is 4.39 Å². The van der Waals surface area contributed by atoms with Gasteiger partial charge in [0.25, 0.3) is 0 Å². The van der Waals surface area contributed by atoms with E-state index in [1.807, 2.05) is 7.05 Å². The Morgan fingerprint density at radius 1 is 1.57 bits per heavy atom. The molecule has 1 unspecified atom stereocenters. The Morgan fingerprint density at radius 2 is 2.29 bits per heavy atom. The molecule has 2 rings (SSSR count). The molecule has 0 aromatic carbocycles. The van der Waals surface area contributed by atoms with Crippen molar-refractivity contribution in [1.82, 2.24) is 5.32 Å². The molecule has 0 aliphatic heterocycles. The van der Waals surface area contributed by atoms with E-state index >= 15 is 0 Å². The molecule has 80 valence electrons. The summed E-state index contributed by atoms with van der Waals surface area (Å²) in [5, 5.41) is 4.95. The van der Waals surface area contributed by atoms with Crippen molar-refractivity contribution < 1.29 is 4.39 Å². The Balaban J connectivity index is 0.000000980. The quantitative estimate of drug-likeness (QED) is 0.790. The molecule has 0 saturated heterocycles. The zero-order chi connectivity index (χ0) is 9.47. The predicted molar refractivity (Wildman–Crippen MR) is 61.0 cm³/mol. The maximum absolute atomic E-state index is 13.2. The van der Waals surface area contributed by atoms with Crippen LogP contribution in [0.2, 0.25) is 0 Å². The highest BCUT2D eigenvalue weighted by Gasteiger charge is 2.30. The second-order valence-corrected chi connectivity index (χ2v) is 4.94. The van der Waals surface area contributed by atoms with Crippen molar-refractivity contribution in [3.05, 3.63) is 21.6 Å². The van der Waals surface area contributed by atoms with Gasteiger partial charge in [0.2, 0.25) is 0 Å².